The van der Waals surface area contributed by atoms with Gasteiger partial charge in [-0.15, -0.1) is 0 Å². The zero-order chi connectivity index (χ0) is 13.7. The molecule has 0 aliphatic heterocycles. The molecule has 4 nitrogen and oxygen atoms in total. The van der Waals surface area contributed by atoms with E-state index in [4.69, 9.17) is 5.73 Å². The van der Waals surface area contributed by atoms with Crippen LogP contribution >= 0.6 is 0 Å². The standard InChI is InChI=1S/C15H22N2O2/c16-8-9-17(13-5-1-2-6-13)15(19)11-12-4-3-7-14(18)10-12/h3-4,7,10,13,18H,1-2,5-6,8-9,11,16H2. The Hall–Kier alpha value is -1.55. The Balaban J connectivity index is 2.02. The highest BCUT2D eigenvalue weighted by molar-refractivity contribution is 5.79. The first-order chi connectivity index (χ1) is 9.20. The molecule has 0 aromatic heterocycles. The molecule has 0 saturated heterocycles. The van der Waals surface area contributed by atoms with Gasteiger partial charge < -0.3 is 15.7 Å². The number of nitrogens with two attached hydrogens (primary N) is 1. The highest BCUT2D eigenvalue weighted by atomic mass is 16.3. The van der Waals surface area contributed by atoms with E-state index < -0.39 is 0 Å². The van der Waals surface area contributed by atoms with Gasteiger partial charge in [0.15, 0.2) is 0 Å². The number of carbonyl (C=O) groups excluding carboxylic acids is 1. The van der Waals surface area contributed by atoms with Crippen LogP contribution in [0.2, 0.25) is 0 Å². The summed E-state index contributed by atoms with van der Waals surface area (Å²) in [5.74, 6) is 0.319. The second-order valence-electron chi connectivity index (χ2n) is 5.16. The molecule has 1 saturated carbocycles. The second kappa shape index (κ2) is 6.57. The van der Waals surface area contributed by atoms with Gasteiger partial charge in [-0.25, -0.2) is 0 Å². The molecule has 1 aromatic rings. The molecule has 0 heterocycles. The summed E-state index contributed by atoms with van der Waals surface area (Å²) < 4.78 is 0. The number of hydrogen-bond acceptors (Lipinski definition) is 3. The van der Waals surface area contributed by atoms with E-state index in [1.165, 1.54) is 12.8 Å². The van der Waals surface area contributed by atoms with Crippen LogP contribution in [0.3, 0.4) is 0 Å². The third-order valence-electron chi connectivity index (χ3n) is 3.72. The van der Waals surface area contributed by atoms with Crippen LogP contribution < -0.4 is 5.73 Å². The Morgan fingerprint density at radius 2 is 2.11 bits per heavy atom. The van der Waals surface area contributed by atoms with Gasteiger partial charge in [-0.2, -0.15) is 0 Å². The Labute approximate surface area is 114 Å². The molecule has 2 rings (SSSR count). The van der Waals surface area contributed by atoms with E-state index in [9.17, 15) is 9.90 Å². The minimum absolute atomic E-state index is 0.114. The van der Waals surface area contributed by atoms with Gasteiger partial charge >= 0.3 is 0 Å². The molecule has 1 amide bonds. The van der Waals surface area contributed by atoms with Crippen LogP contribution in [0.15, 0.2) is 24.3 Å². The van der Waals surface area contributed by atoms with E-state index in [2.05, 4.69) is 0 Å². The fourth-order valence-electron chi connectivity index (χ4n) is 2.81. The molecule has 104 valence electrons. The maximum absolute atomic E-state index is 12.4. The molecule has 0 unspecified atom stereocenters. The first-order valence-corrected chi connectivity index (χ1v) is 6.98. The van der Waals surface area contributed by atoms with Crippen LogP contribution in [0.4, 0.5) is 0 Å². The summed E-state index contributed by atoms with van der Waals surface area (Å²) in [6.45, 7) is 1.13. The van der Waals surface area contributed by atoms with Crippen molar-refractivity contribution in [3.63, 3.8) is 0 Å². The van der Waals surface area contributed by atoms with Crippen molar-refractivity contribution in [2.45, 2.75) is 38.1 Å². The van der Waals surface area contributed by atoms with Gasteiger partial charge in [0, 0.05) is 19.1 Å². The van der Waals surface area contributed by atoms with Crippen molar-refractivity contribution < 1.29 is 9.90 Å². The summed E-state index contributed by atoms with van der Waals surface area (Å²) in [6.07, 6.45) is 4.92. The highest BCUT2D eigenvalue weighted by Crippen LogP contribution is 2.24. The van der Waals surface area contributed by atoms with E-state index in [0.29, 0.717) is 25.6 Å². The molecule has 0 bridgehead atoms. The molecule has 1 aliphatic rings. The second-order valence-corrected chi connectivity index (χ2v) is 5.16. The number of aromatic hydroxyl groups is 1. The van der Waals surface area contributed by atoms with E-state index in [1.807, 2.05) is 11.0 Å². The SMILES string of the molecule is NCCN(C(=O)Cc1cccc(O)c1)C1CCCC1. The zero-order valence-electron chi connectivity index (χ0n) is 11.2. The van der Waals surface area contributed by atoms with Crippen LogP contribution in [-0.2, 0) is 11.2 Å². The lowest BCUT2D eigenvalue weighted by Crippen LogP contribution is -2.42. The molecule has 3 N–H and O–H groups in total. The summed E-state index contributed by atoms with van der Waals surface area (Å²) in [6, 6.07) is 7.25. The minimum Gasteiger partial charge on any atom is -0.508 e. The van der Waals surface area contributed by atoms with Crippen molar-refractivity contribution in [3.8, 4) is 5.75 Å². The highest BCUT2D eigenvalue weighted by Gasteiger charge is 2.25. The molecular weight excluding hydrogens is 240 g/mol. The van der Waals surface area contributed by atoms with E-state index >= 15 is 0 Å². The molecule has 0 atom stereocenters. The van der Waals surface area contributed by atoms with Gasteiger partial charge in [-0.1, -0.05) is 25.0 Å². The predicted octanol–water partition coefficient (Wildman–Crippen LogP) is 1.66. The quantitative estimate of drug-likeness (QED) is 0.848. The van der Waals surface area contributed by atoms with E-state index in [1.54, 1.807) is 18.2 Å². The minimum atomic E-state index is 0.114. The number of benzene rings is 1. The van der Waals surface area contributed by atoms with Crippen molar-refractivity contribution >= 4 is 5.91 Å². The van der Waals surface area contributed by atoms with Crippen LogP contribution in [-0.4, -0.2) is 35.0 Å². The number of nitrogens with zero attached hydrogens (tertiary/aromatic N) is 1. The Kier molecular flexibility index (Phi) is 4.80. The van der Waals surface area contributed by atoms with Crippen molar-refractivity contribution in [1.29, 1.82) is 0 Å². The molecule has 19 heavy (non-hydrogen) atoms. The third kappa shape index (κ3) is 3.70. The summed E-state index contributed by atoms with van der Waals surface area (Å²) in [7, 11) is 0. The van der Waals surface area contributed by atoms with Gasteiger partial charge in [-0.05, 0) is 30.5 Å². The maximum Gasteiger partial charge on any atom is 0.227 e. The zero-order valence-corrected chi connectivity index (χ0v) is 11.2. The first-order valence-electron chi connectivity index (χ1n) is 6.98. The van der Waals surface area contributed by atoms with E-state index in [0.717, 1.165) is 18.4 Å². The summed E-state index contributed by atoms with van der Waals surface area (Å²) in [5, 5.41) is 9.43. The fourth-order valence-corrected chi connectivity index (χ4v) is 2.81. The summed E-state index contributed by atoms with van der Waals surface area (Å²) in [5.41, 5.74) is 6.47. The van der Waals surface area contributed by atoms with Crippen molar-refractivity contribution in [2.75, 3.05) is 13.1 Å². The maximum atomic E-state index is 12.4. The van der Waals surface area contributed by atoms with E-state index in [-0.39, 0.29) is 11.7 Å². The largest absolute Gasteiger partial charge is 0.508 e. The monoisotopic (exact) mass is 262 g/mol. The topological polar surface area (TPSA) is 66.6 Å². The number of phenolic OH excluding ortho intramolecular Hbond substituents is 1. The molecule has 4 heteroatoms. The van der Waals surface area contributed by atoms with Gasteiger partial charge in [0.25, 0.3) is 0 Å². The van der Waals surface area contributed by atoms with Gasteiger partial charge in [-0.3, -0.25) is 4.79 Å². The smallest absolute Gasteiger partial charge is 0.227 e. The van der Waals surface area contributed by atoms with Gasteiger partial charge in [0.05, 0.1) is 6.42 Å². The average Bonchev–Trinajstić information content (AvgIpc) is 2.89. The molecule has 1 fully saturated rings. The number of rotatable bonds is 5. The lowest BCUT2D eigenvalue weighted by atomic mass is 10.1. The molecule has 0 spiro atoms. The van der Waals surface area contributed by atoms with Crippen LogP contribution in [0.5, 0.6) is 5.75 Å². The van der Waals surface area contributed by atoms with Gasteiger partial charge in [0.2, 0.25) is 5.91 Å². The Morgan fingerprint density at radius 1 is 1.37 bits per heavy atom. The van der Waals surface area contributed by atoms with Crippen molar-refractivity contribution in [2.24, 2.45) is 5.73 Å². The molecular formula is C15H22N2O2. The number of amides is 1. The fraction of sp³-hybridized carbons (Fsp3) is 0.533. The lowest BCUT2D eigenvalue weighted by molar-refractivity contribution is -0.132. The average molecular weight is 262 g/mol. The van der Waals surface area contributed by atoms with Gasteiger partial charge in [0.1, 0.15) is 5.75 Å². The summed E-state index contributed by atoms with van der Waals surface area (Å²) in [4.78, 5) is 14.3. The van der Waals surface area contributed by atoms with Crippen LogP contribution in [0, 0.1) is 0 Å². The number of phenols is 1. The first kappa shape index (κ1) is 13.9. The van der Waals surface area contributed by atoms with Crippen LogP contribution in [0.25, 0.3) is 0 Å². The Morgan fingerprint density at radius 3 is 2.74 bits per heavy atom. The molecule has 1 aliphatic carbocycles. The molecule has 0 radical (unpaired) electrons. The normalized spacial score (nSPS) is 15.6. The number of carbonyl (C=O) groups is 1. The van der Waals surface area contributed by atoms with Crippen molar-refractivity contribution in [3.05, 3.63) is 29.8 Å². The van der Waals surface area contributed by atoms with Crippen molar-refractivity contribution in [1.82, 2.24) is 4.90 Å². The lowest BCUT2D eigenvalue weighted by Gasteiger charge is -2.28. The Bertz CT molecular complexity index is 428. The molecule has 1 aromatic carbocycles. The summed E-state index contributed by atoms with van der Waals surface area (Å²) >= 11 is 0. The van der Waals surface area contributed by atoms with Crippen LogP contribution in [0.1, 0.15) is 31.2 Å². The third-order valence-corrected chi connectivity index (χ3v) is 3.72. The predicted molar refractivity (Wildman–Crippen MR) is 74.8 cm³/mol. The number of hydrogen-bond donors (Lipinski definition) is 2.